The Hall–Kier alpha value is -2.09. The zero-order valence-electron chi connectivity index (χ0n) is 9.89. The van der Waals surface area contributed by atoms with Crippen molar-refractivity contribution in [2.75, 3.05) is 12.3 Å². The van der Waals surface area contributed by atoms with Gasteiger partial charge in [-0.2, -0.15) is 4.68 Å². The lowest BCUT2D eigenvalue weighted by molar-refractivity contribution is 0.150. The van der Waals surface area contributed by atoms with Crippen LogP contribution in [0.1, 0.15) is 0 Å². The topological polar surface area (TPSA) is 81.9 Å². The third kappa shape index (κ3) is 2.68. The van der Waals surface area contributed by atoms with E-state index in [1.54, 1.807) is 4.68 Å². The molecular weight excluding hydrogens is 266 g/mol. The Bertz CT molecular complexity index is 573. The fourth-order valence-electron chi connectivity index (χ4n) is 1.69. The minimum absolute atomic E-state index is 0.140. The van der Waals surface area contributed by atoms with Gasteiger partial charge in [-0.05, 0) is 22.6 Å². The number of rotatable bonds is 4. The van der Waals surface area contributed by atoms with Gasteiger partial charge in [0.2, 0.25) is 5.16 Å². The zero-order chi connectivity index (χ0) is 13.1. The lowest BCUT2D eigenvalue weighted by Gasteiger charge is -2.07. The number of alkyl carbamates (subject to hydrolysis) is 1. The van der Waals surface area contributed by atoms with Crippen LogP contribution in [0.25, 0.3) is 5.69 Å². The van der Waals surface area contributed by atoms with Gasteiger partial charge in [-0.25, -0.2) is 4.79 Å². The Morgan fingerprint density at radius 2 is 2.26 bits per heavy atom. The molecule has 0 radical (unpaired) electrons. The van der Waals surface area contributed by atoms with Crippen molar-refractivity contribution in [2.45, 2.75) is 11.3 Å². The van der Waals surface area contributed by atoms with Crippen LogP contribution in [-0.4, -0.2) is 44.7 Å². The molecule has 0 spiro atoms. The first-order valence-electron chi connectivity index (χ1n) is 5.74. The van der Waals surface area contributed by atoms with Crippen molar-refractivity contribution in [3.63, 3.8) is 0 Å². The number of hydrogen-bond acceptors (Lipinski definition) is 6. The van der Waals surface area contributed by atoms with Gasteiger partial charge in [0.25, 0.3) is 0 Å². The van der Waals surface area contributed by atoms with E-state index < -0.39 is 0 Å². The maximum atomic E-state index is 10.9. The Balaban J connectivity index is 1.69. The van der Waals surface area contributed by atoms with Gasteiger partial charge in [0.15, 0.2) is 0 Å². The summed E-state index contributed by atoms with van der Waals surface area (Å²) in [5.41, 5.74) is 0.900. The molecular formula is C11H11N5O2S. The molecule has 7 nitrogen and oxygen atoms in total. The highest BCUT2D eigenvalue weighted by molar-refractivity contribution is 7.99. The van der Waals surface area contributed by atoms with E-state index in [1.165, 1.54) is 11.8 Å². The van der Waals surface area contributed by atoms with Gasteiger partial charge in [-0.15, -0.1) is 5.10 Å². The Labute approximate surface area is 113 Å². The minimum Gasteiger partial charge on any atom is -0.443 e. The van der Waals surface area contributed by atoms with Crippen molar-refractivity contribution in [1.29, 1.82) is 0 Å². The van der Waals surface area contributed by atoms with E-state index in [-0.39, 0.29) is 12.2 Å². The fraction of sp³-hybridized carbons (Fsp3) is 0.273. The SMILES string of the molecule is O=C1NC[C@@H](CSc2nnnn2-c2ccccc2)O1. The zero-order valence-corrected chi connectivity index (χ0v) is 10.7. The summed E-state index contributed by atoms with van der Waals surface area (Å²) in [6.45, 7) is 0.527. The normalized spacial score (nSPS) is 18.1. The molecule has 1 fully saturated rings. The minimum atomic E-state index is -0.367. The number of benzene rings is 1. The summed E-state index contributed by atoms with van der Waals surface area (Å²) in [6, 6.07) is 9.64. The lowest BCUT2D eigenvalue weighted by atomic mass is 10.3. The maximum Gasteiger partial charge on any atom is 0.407 e. The van der Waals surface area contributed by atoms with E-state index in [9.17, 15) is 4.79 Å². The number of tetrazole rings is 1. The first-order chi connectivity index (χ1) is 9.33. The van der Waals surface area contributed by atoms with Crippen molar-refractivity contribution in [1.82, 2.24) is 25.5 Å². The summed E-state index contributed by atoms with van der Waals surface area (Å²) in [5, 5.41) is 14.9. The molecule has 1 aromatic carbocycles. The first-order valence-corrected chi connectivity index (χ1v) is 6.72. The second kappa shape index (κ2) is 5.27. The largest absolute Gasteiger partial charge is 0.443 e. The number of ether oxygens (including phenoxy) is 1. The van der Waals surface area contributed by atoms with E-state index in [2.05, 4.69) is 20.8 Å². The summed E-state index contributed by atoms with van der Waals surface area (Å²) in [4.78, 5) is 10.9. The van der Waals surface area contributed by atoms with E-state index in [4.69, 9.17) is 4.74 Å². The van der Waals surface area contributed by atoms with Crippen LogP contribution in [0.3, 0.4) is 0 Å². The first kappa shape index (κ1) is 12.0. The van der Waals surface area contributed by atoms with Crippen LogP contribution in [0.5, 0.6) is 0 Å². The van der Waals surface area contributed by atoms with Gasteiger partial charge in [0.1, 0.15) is 6.10 Å². The third-order valence-electron chi connectivity index (χ3n) is 2.59. The number of thioether (sulfide) groups is 1. The highest BCUT2D eigenvalue weighted by Crippen LogP contribution is 2.20. The van der Waals surface area contributed by atoms with E-state index in [0.29, 0.717) is 17.5 Å². The molecule has 1 aliphatic heterocycles. The smallest absolute Gasteiger partial charge is 0.407 e. The summed E-state index contributed by atoms with van der Waals surface area (Å²) < 4.78 is 6.72. The number of nitrogens with one attached hydrogen (secondary N) is 1. The number of para-hydroxylation sites is 1. The summed E-state index contributed by atoms with van der Waals surface area (Å²) in [7, 11) is 0. The quantitative estimate of drug-likeness (QED) is 0.835. The molecule has 0 saturated carbocycles. The molecule has 1 atom stereocenters. The van der Waals surface area contributed by atoms with Crippen molar-refractivity contribution in [3.8, 4) is 5.69 Å². The van der Waals surface area contributed by atoms with E-state index in [0.717, 1.165) is 5.69 Å². The van der Waals surface area contributed by atoms with E-state index >= 15 is 0 Å². The van der Waals surface area contributed by atoms with Crippen LogP contribution in [0.15, 0.2) is 35.5 Å². The second-order valence-corrected chi connectivity index (χ2v) is 4.92. The second-order valence-electron chi connectivity index (χ2n) is 3.93. The third-order valence-corrected chi connectivity index (χ3v) is 3.64. The molecule has 2 aromatic rings. The number of carbonyl (C=O) groups excluding carboxylic acids is 1. The highest BCUT2D eigenvalue weighted by Gasteiger charge is 2.23. The predicted octanol–water partition coefficient (Wildman–Crippen LogP) is 0.863. The van der Waals surface area contributed by atoms with Crippen LogP contribution in [0.4, 0.5) is 4.79 Å². The monoisotopic (exact) mass is 277 g/mol. The molecule has 19 heavy (non-hydrogen) atoms. The van der Waals surface area contributed by atoms with Crippen LogP contribution >= 0.6 is 11.8 Å². The summed E-state index contributed by atoms with van der Waals surface area (Å²) in [5.74, 6) is 0.617. The summed E-state index contributed by atoms with van der Waals surface area (Å²) in [6.07, 6.45) is -0.508. The molecule has 0 aliphatic carbocycles. The molecule has 0 unspecified atom stereocenters. The van der Waals surface area contributed by atoms with Gasteiger partial charge < -0.3 is 10.1 Å². The van der Waals surface area contributed by atoms with Crippen molar-refractivity contribution in [2.24, 2.45) is 0 Å². The Morgan fingerprint density at radius 3 is 3.00 bits per heavy atom. The Morgan fingerprint density at radius 1 is 1.42 bits per heavy atom. The molecule has 1 aliphatic rings. The van der Waals surface area contributed by atoms with Crippen LogP contribution in [0.2, 0.25) is 0 Å². The molecule has 0 bridgehead atoms. The van der Waals surface area contributed by atoms with Gasteiger partial charge in [-0.1, -0.05) is 30.0 Å². The predicted molar refractivity (Wildman–Crippen MR) is 68.1 cm³/mol. The van der Waals surface area contributed by atoms with E-state index in [1.807, 2.05) is 30.3 Å². The molecule has 1 aromatic heterocycles. The number of nitrogens with zero attached hydrogens (tertiary/aromatic N) is 4. The van der Waals surface area contributed by atoms with Crippen molar-refractivity contribution < 1.29 is 9.53 Å². The number of cyclic esters (lactones) is 1. The number of carbonyl (C=O) groups is 1. The van der Waals surface area contributed by atoms with Gasteiger partial charge in [0.05, 0.1) is 12.2 Å². The lowest BCUT2D eigenvalue weighted by Crippen LogP contribution is -2.17. The standard InChI is InChI=1S/C11H11N5O2S/c17-11-12-6-9(18-11)7-19-10-13-14-15-16(10)8-4-2-1-3-5-8/h1-5,9H,6-7H2,(H,12,17)/t9-/m0/s1. The molecule has 8 heteroatoms. The van der Waals surface area contributed by atoms with Crippen LogP contribution in [0, 0.1) is 0 Å². The number of aromatic nitrogens is 4. The molecule has 1 saturated heterocycles. The molecule has 2 heterocycles. The number of hydrogen-bond donors (Lipinski definition) is 1. The summed E-state index contributed by atoms with van der Waals surface area (Å²) >= 11 is 1.46. The van der Waals surface area contributed by atoms with Crippen molar-refractivity contribution >= 4 is 17.9 Å². The van der Waals surface area contributed by atoms with Crippen LogP contribution in [-0.2, 0) is 4.74 Å². The average molecular weight is 277 g/mol. The number of amides is 1. The average Bonchev–Trinajstić information content (AvgIpc) is 3.06. The van der Waals surface area contributed by atoms with Gasteiger partial charge in [-0.3, -0.25) is 0 Å². The molecule has 98 valence electrons. The molecule has 3 rings (SSSR count). The highest BCUT2D eigenvalue weighted by atomic mass is 32.2. The molecule has 1 amide bonds. The fourth-order valence-corrected chi connectivity index (χ4v) is 2.57. The van der Waals surface area contributed by atoms with Gasteiger partial charge in [0, 0.05) is 5.75 Å². The van der Waals surface area contributed by atoms with Gasteiger partial charge >= 0.3 is 6.09 Å². The van der Waals surface area contributed by atoms with Crippen LogP contribution < -0.4 is 5.32 Å². The molecule has 1 N–H and O–H groups in total. The maximum absolute atomic E-state index is 10.9. The van der Waals surface area contributed by atoms with Crippen molar-refractivity contribution in [3.05, 3.63) is 30.3 Å². The Kier molecular flexibility index (Phi) is 3.32.